The highest BCUT2D eigenvalue weighted by atomic mass is 79.9. The van der Waals surface area contributed by atoms with Crippen LogP contribution in [0.15, 0.2) is 22.7 Å². The van der Waals surface area contributed by atoms with Gasteiger partial charge in [0.2, 0.25) is 0 Å². The molecule has 1 amide bonds. The quantitative estimate of drug-likeness (QED) is 0.829. The molecule has 102 valence electrons. The number of thiocarbonyl (C=S) groups is 1. The van der Waals surface area contributed by atoms with E-state index in [1.807, 2.05) is 0 Å². The molecule has 0 heterocycles. The second-order valence-corrected chi connectivity index (χ2v) is 6.03. The number of halogens is 2. The summed E-state index contributed by atoms with van der Waals surface area (Å²) in [5.74, 6) is -0.952. The molecule has 3 N–H and O–H groups in total. The van der Waals surface area contributed by atoms with Gasteiger partial charge in [-0.15, -0.1) is 0 Å². The summed E-state index contributed by atoms with van der Waals surface area (Å²) < 4.78 is 14.3. The molecule has 2 rings (SSSR count). The fourth-order valence-electron chi connectivity index (χ4n) is 2.39. The number of amides is 1. The monoisotopic (exact) mass is 344 g/mol. The van der Waals surface area contributed by atoms with Crippen molar-refractivity contribution in [3.05, 3.63) is 34.1 Å². The van der Waals surface area contributed by atoms with E-state index >= 15 is 0 Å². The maximum Gasteiger partial charge on any atom is 0.254 e. The minimum atomic E-state index is -0.537. The Morgan fingerprint density at radius 3 is 2.89 bits per heavy atom. The average molecular weight is 345 g/mol. The van der Waals surface area contributed by atoms with Crippen LogP contribution in [0.5, 0.6) is 0 Å². The Labute approximate surface area is 124 Å². The summed E-state index contributed by atoms with van der Waals surface area (Å²) in [7, 11) is 0. The van der Waals surface area contributed by atoms with E-state index in [2.05, 4.69) is 21.2 Å². The number of carbonyl (C=O) groups is 1. The topological polar surface area (TPSA) is 55.1 Å². The predicted octanol–water partition coefficient (Wildman–Crippen LogP) is 2.77. The lowest BCUT2D eigenvalue weighted by Crippen LogP contribution is -2.42. The van der Waals surface area contributed by atoms with Gasteiger partial charge in [0, 0.05) is 16.4 Å². The molecule has 0 aliphatic heterocycles. The zero-order chi connectivity index (χ0) is 14.0. The first kappa shape index (κ1) is 14.4. The Hall–Kier alpha value is -1.01. The van der Waals surface area contributed by atoms with Gasteiger partial charge in [-0.2, -0.15) is 0 Å². The van der Waals surface area contributed by atoms with Crippen LogP contribution in [0.1, 0.15) is 29.6 Å². The molecule has 3 nitrogen and oxygen atoms in total. The summed E-state index contributed by atoms with van der Waals surface area (Å²) >= 11 is 8.22. The van der Waals surface area contributed by atoms with Crippen molar-refractivity contribution < 1.29 is 9.18 Å². The minimum absolute atomic E-state index is 0.00849. The lowest BCUT2D eigenvalue weighted by atomic mass is 10.0. The summed E-state index contributed by atoms with van der Waals surface area (Å²) in [6.45, 7) is 0. The number of rotatable bonds is 3. The lowest BCUT2D eigenvalue weighted by Gasteiger charge is -2.20. The second kappa shape index (κ2) is 5.96. The van der Waals surface area contributed by atoms with Crippen LogP contribution in [0.25, 0.3) is 0 Å². The highest BCUT2D eigenvalue weighted by Crippen LogP contribution is 2.26. The molecule has 1 aliphatic carbocycles. The SMILES string of the molecule is NC(=S)C1CCCC1NC(=O)c1cc(Br)ccc1F. The maximum atomic E-state index is 13.6. The molecule has 19 heavy (non-hydrogen) atoms. The Morgan fingerprint density at radius 2 is 2.21 bits per heavy atom. The van der Waals surface area contributed by atoms with Gasteiger partial charge in [0.15, 0.2) is 0 Å². The van der Waals surface area contributed by atoms with Crippen molar-refractivity contribution >= 4 is 39.0 Å². The third kappa shape index (κ3) is 3.30. The number of hydrogen-bond acceptors (Lipinski definition) is 2. The van der Waals surface area contributed by atoms with Crippen molar-refractivity contribution in [2.75, 3.05) is 0 Å². The number of hydrogen-bond donors (Lipinski definition) is 2. The van der Waals surface area contributed by atoms with Crippen LogP contribution in [0.3, 0.4) is 0 Å². The predicted molar refractivity (Wildman–Crippen MR) is 79.5 cm³/mol. The van der Waals surface area contributed by atoms with Crippen LogP contribution in [0.2, 0.25) is 0 Å². The third-order valence-electron chi connectivity index (χ3n) is 3.37. The Morgan fingerprint density at radius 1 is 1.47 bits per heavy atom. The molecule has 1 saturated carbocycles. The summed E-state index contributed by atoms with van der Waals surface area (Å²) in [6.07, 6.45) is 2.67. The molecular weight excluding hydrogens is 331 g/mol. The molecular formula is C13H14BrFN2OS. The van der Waals surface area contributed by atoms with E-state index in [9.17, 15) is 9.18 Å². The zero-order valence-corrected chi connectivity index (χ0v) is 12.6. The van der Waals surface area contributed by atoms with E-state index < -0.39 is 11.7 Å². The van der Waals surface area contributed by atoms with Crippen LogP contribution < -0.4 is 11.1 Å². The van der Waals surface area contributed by atoms with E-state index in [1.165, 1.54) is 12.1 Å². The van der Waals surface area contributed by atoms with Crippen molar-refractivity contribution in [3.63, 3.8) is 0 Å². The Bertz CT molecular complexity index is 523. The van der Waals surface area contributed by atoms with E-state index in [4.69, 9.17) is 18.0 Å². The van der Waals surface area contributed by atoms with Crippen molar-refractivity contribution in [1.82, 2.24) is 5.32 Å². The Kier molecular flexibility index (Phi) is 4.52. The van der Waals surface area contributed by atoms with Crippen LogP contribution in [-0.4, -0.2) is 16.9 Å². The molecule has 2 unspecified atom stereocenters. The minimum Gasteiger partial charge on any atom is -0.393 e. The van der Waals surface area contributed by atoms with Crippen LogP contribution >= 0.6 is 28.1 Å². The molecule has 0 saturated heterocycles. The van der Waals surface area contributed by atoms with Crippen LogP contribution in [0, 0.1) is 11.7 Å². The van der Waals surface area contributed by atoms with Crippen molar-refractivity contribution in [2.24, 2.45) is 11.7 Å². The molecule has 0 spiro atoms. The van der Waals surface area contributed by atoms with E-state index in [0.717, 1.165) is 19.3 Å². The van der Waals surface area contributed by atoms with Gasteiger partial charge in [-0.05, 0) is 31.0 Å². The highest BCUT2D eigenvalue weighted by molar-refractivity contribution is 9.10. The fraction of sp³-hybridized carbons (Fsp3) is 0.385. The van der Waals surface area contributed by atoms with Crippen LogP contribution in [-0.2, 0) is 0 Å². The molecule has 1 aliphatic rings. The van der Waals surface area contributed by atoms with Gasteiger partial charge >= 0.3 is 0 Å². The molecule has 0 radical (unpaired) electrons. The molecule has 6 heteroatoms. The number of nitrogens with one attached hydrogen (secondary N) is 1. The van der Waals surface area contributed by atoms with Gasteiger partial charge in [-0.3, -0.25) is 4.79 Å². The summed E-state index contributed by atoms with van der Waals surface area (Å²) in [4.78, 5) is 12.5. The first-order chi connectivity index (χ1) is 8.99. The summed E-state index contributed by atoms with van der Waals surface area (Å²) in [5.41, 5.74) is 5.69. The Balaban J connectivity index is 2.12. The lowest BCUT2D eigenvalue weighted by molar-refractivity contribution is 0.0929. The van der Waals surface area contributed by atoms with Gasteiger partial charge in [0.05, 0.1) is 10.6 Å². The van der Waals surface area contributed by atoms with Gasteiger partial charge in [-0.1, -0.05) is 34.6 Å². The first-order valence-corrected chi connectivity index (χ1v) is 7.24. The number of carbonyl (C=O) groups excluding carboxylic acids is 1. The molecule has 2 atom stereocenters. The maximum absolute atomic E-state index is 13.6. The molecule has 1 fully saturated rings. The van der Waals surface area contributed by atoms with Gasteiger partial charge in [0.25, 0.3) is 5.91 Å². The van der Waals surface area contributed by atoms with Crippen LogP contribution in [0.4, 0.5) is 4.39 Å². The van der Waals surface area contributed by atoms with E-state index in [-0.39, 0.29) is 17.5 Å². The smallest absolute Gasteiger partial charge is 0.254 e. The van der Waals surface area contributed by atoms with E-state index in [1.54, 1.807) is 6.07 Å². The average Bonchev–Trinajstić information content (AvgIpc) is 2.80. The van der Waals surface area contributed by atoms with Gasteiger partial charge in [0.1, 0.15) is 5.82 Å². The first-order valence-electron chi connectivity index (χ1n) is 6.04. The summed E-state index contributed by atoms with van der Waals surface area (Å²) in [5, 5.41) is 2.83. The largest absolute Gasteiger partial charge is 0.393 e. The molecule has 0 bridgehead atoms. The standard InChI is InChI=1S/C13H14BrFN2OS/c14-7-4-5-10(15)9(6-7)13(18)17-11-3-1-2-8(11)12(16)19/h4-6,8,11H,1-3H2,(H2,16,19)(H,17,18). The molecule has 1 aromatic rings. The van der Waals surface area contributed by atoms with Crippen molar-refractivity contribution in [3.8, 4) is 0 Å². The number of benzene rings is 1. The molecule has 0 aromatic heterocycles. The van der Waals surface area contributed by atoms with Crippen molar-refractivity contribution in [2.45, 2.75) is 25.3 Å². The fourth-order valence-corrected chi connectivity index (χ4v) is 3.03. The zero-order valence-electron chi connectivity index (χ0n) is 10.2. The van der Waals surface area contributed by atoms with Gasteiger partial charge in [-0.25, -0.2) is 4.39 Å². The number of nitrogens with two attached hydrogens (primary N) is 1. The van der Waals surface area contributed by atoms with Gasteiger partial charge < -0.3 is 11.1 Å². The second-order valence-electron chi connectivity index (χ2n) is 4.64. The highest BCUT2D eigenvalue weighted by Gasteiger charge is 2.31. The normalized spacial score (nSPS) is 22.2. The van der Waals surface area contributed by atoms with Crippen molar-refractivity contribution in [1.29, 1.82) is 0 Å². The molecule has 1 aromatic carbocycles. The van der Waals surface area contributed by atoms with E-state index in [0.29, 0.717) is 9.46 Å². The summed E-state index contributed by atoms with van der Waals surface area (Å²) in [6, 6.07) is 4.19. The third-order valence-corrected chi connectivity index (χ3v) is 4.17.